The Morgan fingerprint density at radius 1 is 1.29 bits per heavy atom. The van der Waals surface area contributed by atoms with E-state index in [1.165, 1.54) is 6.92 Å². The largest absolute Gasteiger partial charge is 0.349 e. The van der Waals surface area contributed by atoms with Gasteiger partial charge in [-0.05, 0) is 50.6 Å². The van der Waals surface area contributed by atoms with E-state index in [9.17, 15) is 9.59 Å². The van der Waals surface area contributed by atoms with E-state index in [4.69, 9.17) is 0 Å². The summed E-state index contributed by atoms with van der Waals surface area (Å²) in [5.74, 6) is 0.125. The molecule has 5 heteroatoms. The molecule has 114 valence electrons. The maximum absolute atomic E-state index is 12.2. The molecule has 1 aliphatic heterocycles. The number of anilines is 1. The Balaban J connectivity index is 1.97. The van der Waals surface area contributed by atoms with E-state index in [0.29, 0.717) is 0 Å². The molecule has 1 aromatic rings. The van der Waals surface area contributed by atoms with E-state index in [0.717, 1.165) is 37.2 Å². The number of hydrogen-bond donors (Lipinski definition) is 3. The van der Waals surface area contributed by atoms with Gasteiger partial charge in [-0.3, -0.25) is 9.59 Å². The maximum atomic E-state index is 12.2. The van der Waals surface area contributed by atoms with E-state index in [1.807, 2.05) is 31.2 Å². The first-order chi connectivity index (χ1) is 10.1. The summed E-state index contributed by atoms with van der Waals surface area (Å²) in [6, 6.07) is 7.51. The summed E-state index contributed by atoms with van der Waals surface area (Å²) in [6.45, 7) is 5.26. The first-order valence-corrected chi connectivity index (χ1v) is 7.45. The van der Waals surface area contributed by atoms with Gasteiger partial charge in [0.15, 0.2) is 0 Å². The van der Waals surface area contributed by atoms with Gasteiger partial charge in [-0.2, -0.15) is 0 Å². The summed E-state index contributed by atoms with van der Waals surface area (Å²) in [4.78, 5) is 23.3. The molecule has 0 aromatic heterocycles. The summed E-state index contributed by atoms with van der Waals surface area (Å²) in [7, 11) is 0. The van der Waals surface area contributed by atoms with E-state index < -0.39 is 0 Å². The number of nitrogens with one attached hydrogen (secondary N) is 3. The molecule has 1 fully saturated rings. The third-order valence-corrected chi connectivity index (χ3v) is 3.78. The Morgan fingerprint density at radius 3 is 2.67 bits per heavy atom. The number of amides is 2. The average molecular weight is 289 g/mol. The van der Waals surface area contributed by atoms with Gasteiger partial charge in [0, 0.05) is 18.5 Å². The molecule has 0 spiro atoms. The Bertz CT molecular complexity index is 510. The van der Waals surface area contributed by atoms with Crippen LogP contribution in [0, 0.1) is 5.92 Å². The third-order valence-electron chi connectivity index (χ3n) is 3.78. The molecule has 1 aromatic carbocycles. The van der Waals surface area contributed by atoms with E-state index in [-0.39, 0.29) is 23.8 Å². The van der Waals surface area contributed by atoms with E-state index >= 15 is 0 Å². The minimum atomic E-state index is -0.0986. The number of benzene rings is 1. The summed E-state index contributed by atoms with van der Waals surface area (Å²) < 4.78 is 0. The quantitative estimate of drug-likeness (QED) is 0.792. The van der Waals surface area contributed by atoms with Crippen molar-refractivity contribution in [3.05, 3.63) is 29.8 Å². The SMILES string of the molecule is CC(=O)Nc1cccc(C(C)NC(=O)C2CCNCC2)c1. The average Bonchev–Trinajstić information content (AvgIpc) is 2.47. The van der Waals surface area contributed by atoms with Crippen molar-refractivity contribution in [3.8, 4) is 0 Å². The molecule has 1 heterocycles. The van der Waals surface area contributed by atoms with Gasteiger partial charge in [-0.15, -0.1) is 0 Å². The molecule has 21 heavy (non-hydrogen) atoms. The first-order valence-electron chi connectivity index (χ1n) is 7.45. The van der Waals surface area contributed by atoms with Gasteiger partial charge < -0.3 is 16.0 Å². The fourth-order valence-electron chi connectivity index (χ4n) is 2.59. The van der Waals surface area contributed by atoms with Crippen molar-refractivity contribution in [1.29, 1.82) is 0 Å². The van der Waals surface area contributed by atoms with Crippen molar-refractivity contribution in [1.82, 2.24) is 10.6 Å². The van der Waals surface area contributed by atoms with E-state index in [2.05, 4.69) is 16.0 Å². The molecule has 0 radical (unpaired) electrons. The Labute approximate surface area is 125 Å². The minimum absolute atomic E-state index is 0.0684. The second-order valence-electron chi connectivity index (χ2n) is 5.56. The number of carbonyl (C=O) groups is 2. The third kappa shape index (κ3) is 4.56. The van der Waals surface area contributed by atoms with E-state index in [1.54, 1.807) is 0 Å². The zero-order chi connectivity index (χ0) is 15.2. The molecular formula is C16H23N3O2. The van der Waals surface area contributed by atoms with Crippen LogP contribution in [-0.2, 0) is 9.59 Å². The van der Waals surface area contributed by atoms with Gasteiger partial charge in [0.05, 0.1) is 6.04 Å². The molecule has 1 aliphatic rings. The van der Waals surface area contributed by atoms with Crippen LogP contribution < -0.4 is 16.0 Å². The van der Waals surface area contributed by atoms with Crippen LogP contribution in [0.15, 0.2) is 24.3 Å². The molecule has 0 saturated carbocycles. The topological polar surface area (TPSA) is 70.2 Å². The molecule has 1 saturated heterocycles. The molecule has 0 bridgehead atoms. The Morgan fingerprint density at radius 2 is 2.00 bits per heavy atom. The molecule has 1 unspecified atom stereocenters. The standard InChI is InChI=1S/C16H23N3O2/c1-11(18-16(21)13-6-8-17-9-7-13)14-4-3-5-15(10-14)19-12(2)20/h3-5,10-11,13,17H,6-9H2,1-2H3,(H,18,21)(H,19,20). The van der Waals surface area contributed by atoms with Crippen LogP contribution in [0.5, 0.6) is 0 Å². The van der Waals surface area contributed by atoms with Crippen LogP contribution in [0.25, 0.3) is 0 Å². The zero-order valence-electron chi connectivity index (χ0n) is 12.6. The second-order valence-corrected chi connectivity index (χ2v) is 5.56. The summed E-state index contributed by atoms with van der Waals surface area (Å²) in [6.07, 6.45) is 1.79. The van der Waals surface area contributed by atoms with Gasteiger partial charge in [-0.1, -0.05) is 12.1 Å². The molecule has 2 amide bonds. The van der Waals surface area contributed by atoms with Gasteiger partial charge >= 0.3 is 0 Å². The van der Waals surface area contributed by atoms with Gasteiger partial charge in [0.25, 0.3) is 0 Å². The predicted molar refractivity (Wildman–Crippen MR) is 82.9 cm³/mol. The summed E-state index contributed by atoms with van der Waals surface area (Å²) >= 11 is 0. The lowest BCUT2D eigenvalue weighted by molar-refractivity contribution is -0.126. The van der Waals surface area contributed by atoms with Gasteiger partial charge in [0.1, 0.15) is 0 Å². The Kier molecular flexibility index (Phi) is 5.33. The maximum Gasteiger partial charge on any atom is 0.223 e. The first kappa shape index (κ1) is 15.5. The van der Waals surface area contributed by atoms with Crippen LogP contribution in [0.2, 0.25) is 0 Å². The number of rotatable bonds is 4. The van der Waals surface area contributed by atoms with Crippen molar-refractivity contribution < 1.29 is 9.59 Å². The molecule has 3 N–H and O–H groups in total. The minimum Gasteiger partial charge on any atom is -0.349 e. The lowest BCUT2D eigenvalue weighted by Crippen LogP contribution is -2.39. The van der Waals surface area contributed by atoms with Crippen LogP contribution in [0.1, 0.15) is 38.3 Å². The van der Waals surface area contributed by atoms with Gasteiger partial charge in [-0.25, -0.2) is 0 Å². The summed E-state index contributed by atoms with van der Waals surface area (Å²) in [5.41, 5.74) is 1.74. The van der Waals surface area contributed by atoms with Crippen molar-refractivity contribution in [2.75, 3.05) is 18.4 Å². The monoisotopic (exact) mass is 289 g/mol. The number of carbonyl (C=O) groups excluding carboxylic acids is 2. The lowest BCUT2D eigenvalue weighted by atomic mass is 9.96. The lowest BCUT2D eigenvalue weighted by Gasteiger charge is -2.24. The highest BCUT2D eigenvalue weighted by Crippen LogP contribution is 2.19. The zero-order valence-corrected chi connectivity index (χ0v) is 12.6. The van der Waals surface area contributed by atoms with Crippen molar-refractivity contribution >= 4 is 17.5 Å². The summed E-state index contributed by atoms with van der Waals surface area (Å²) in [5, 5.41) is 9.08. The number of piperidine rings is 1. The smallest absolute Gasteiger partial charge is 0.223 e. The van der Waals surface area contributed by atoms with Crippen LogP contribution in [0.3, 0.4) is 0 Å². The van der Waals surface area contributed by atoms with Crippen molar-refractivity contribution in [2.45, 2.75) is 32.7 Å². The molecule has 1 atom stereocenters. The van der Waals surface area contributed by atoms with Crippen molar-refractivity contribution in [2.24, 2.45) is 5.92 Å². The normalized spacial score (nSPS) is 17.0. The number of hydrogen-bond acceptors (Lipinski definition) is 3. The fourth-order valence-corrected chi connectivity index (χ4v) is 2.59. The highest BCUT2D eigenvalue weighted by molar-refractivity contribution is 5.88. The predicted octanol–water partition coefficient (Wildman–Crippen LogP) is 1.82. The second kappa shape index (κ2) is 7.22. The molecule has 5 nitrogen and oxygen atoms in total. The van der Waals surface area contributed by atoms with Crippen LogP contribution in [-0.4, -0.2) is 24.9 Å². The fraction of sp³-hybridized carbons (Fsp3) is 0.500. The molecule has 2 rings (SSSR count). The molecular weight excluding hydrogens is 266 g/mol. The van der Waals surface area contributed by atoms with Crippen molar-refractivity contribution in [3.63, 3.8) is 0 Å². The highest BCUT2D eigenvalue weighted by atomic mass is 16.2. The highest BCUT2D eigenvalue weighted by Gasteiger charge is 2.22. The molecule has 0 aliphatic carbocycles. The van der Waals surface area contributed by atoms with Gasteiger partial charge in [0.2, 0.25) is 11.8 Å². The van der Waals surface area contributed by atoms with Crippen LogP contribution >= 0.6 is 0 Å². The Hall–Kier alpha value is -1.88. The van der Waals surface area contributed by atoms with Crippen LogP contribution in [0.4, 0.5) is 5.69 Å².